The van der Waals surface area contributed by atoms with Gasteiger partial charge in [0.25, 0.3) is 0 Å². The normalized spacial score (nSPS) is 25.8. The lowest BCUT2D eigenvalue weighted by Crippen LogP contribution is -2.16. The first-order chi connectivity index (χ1) is 7.18. The molecule has 2 aromatic rings. The van der Waals surface area contributed by atoms with Gasteiger partial charge < -0.3 is 0 Å². The van der Waals surface area contributed by atoms with Gasteiger partial charge in [0.1, 0.15) is 0 Å². The molecule has 0 spiro atoms. The third-order valence-electron chi connectivity index (χ3n) is 3.78. The highest BCUT2D eigenvalue weighted by atomic mass is 32.1. The van der Waals surface area contributed by atoms with Crippen molar-refractivity contribution in [3.63, 3.8) is 0 Å². The second-order valence-electron chi connectivity index (χ2n) is 4.74. The molecule has 1 aliphatic carbocycles. The fourth-order valence-electron chi connectivity index (χ4n) is 2.57. The number of fused-ring (bicyclic) bond motifs is 3. The highest BCUT2D eigenvalue weighted by Crippen LogP contribution is 2.36. The Morgan fingerprint density at radius 3 is 3.07 bits per heavy atom. The van der Waals surface area contributed by atoms with Crippen LogP contribution in [0.25, 0.3) is 4.96 Å². The lowest BCUT2D eigenvalue weighted by Gasteiger charge is -2.24. The van der Waals surface area contributed by atoms with Crippen LogP contribution in [0.4, 0.5) is 0 Å². The summed E-state index contributed by atoms with van der Waals surface area (Å²) in [5, 5.41) is 2.20. The van der Waals surface area contributed by atoms with E-state index in [4.69, 9.17) is 4.98 Å². The molecule has 3 rings (SSSR count). The number of aryl methyl sites for hydroxylation is 2. The average molecular weight is 220 g/mol. The summed E-state index contributed by atoms with van der Waals surface area (Å²) < 4.78 is 2.35. The Hall–Kier alpha value is -0.830. The summed E-state index contributed by atoms with van der Waals surface area (Å²) in [7, 11) is 0. The smallest absolute Gasteiger partial charge is 0.194 e. The maximum Gasteiger partial charge on any atom is 0.194 e. The van der Waals surface area contributed by atoms with E-state index in [1.165, 1.54) is 34.9 Å². The van der Waals surface area contributed by atoms with Gasteiger partial charge in [0.2, 0.25) is 0 Å². The number of nitrogens with zero attached hydrogens (tertiary/aromatic N) is 2. The minimum atomic E-state index is 0.625. The van der Waals surface area contributed by atoms with Crippen LogP contribution in [0, 0.1) is 12.8 Å². The summed E-state index contributed by atoms with van der Waals surface area (Å²) in [6.45, 7) is 6.83. The zero-order valence-electron chi connectivity index (χ0n) is 9.45. The van der Waals surface area contributed by atoms with Gasteiger partial charge in [0.15, 0.2) is 4.96 Å². The first kappa shape index (κ1) is 9.40. The van der Waals surface area contributed by atoms with E-state index in [1.807, 2.05) is 0 Å². The van der Waals surface area contributed by atoms with Crippen LogP contribution in [-0.2, 0) is 6.42 Å². The monoisotopic (exact) mass is 220 g/mol. The Morgan fingerprint density at radius 2 is 2.27 bits per heavy atom. The molecule has 0 saturated heterocycles. The average Bonchev–Trinajstić information content (AvgIpc) is 2.74. The van der Waals surface area contributed by atoms with Crippen LogP contribution in [0.5, 0.6) is 0 Å². The second kappa shape index (κ2) is 3.08. The molecule has 0 aliphatic heterocycles. The van der Waals surface area contributed by atoms with Crippen molar-refractivity contribution in [1.29, 1.82) is 0 Å². The van der Waals surface area contributed by atoms with Crippen molar-refractivity contribution in [2.24, 2.45) is 5.92 Å². The highest BCUT2D eigenvalue weighted by molar-refractivity contribution is 7.15. The molecular weight excluding hydrogens is 204 g/mol. The molecule has 2 heterocycles. The van der Waals surface area contributed by atoms with Crippen LogP contribution >= 0.6 is 11.3 Å². The van der Waals surface area contributed by atoms with E-state index in [2.05, 4.69) is 30.6 Å². The second-order valence-corrected chi connectivity index (χ2v) is 5.58. The molecule has 0 bridgehead atoms. The van der Waals surface area contributed by atoms with E-state index in [0.29, 0.717) is 5.92 Å². The fraction of sp³-hybridized carbons (Fsp3) is 0.583. The molecule has 2 aromatic heterocycles. The molecule has 2 unspecified atom stereocenters. The Balaban J connectivity index is 2.27. The number of thiazole rings is 1. The summed E-state index contributed by atoms with van der Waals surface area (Å²) in [5.74, 6) is 1.41. The maximum atomic E-state index is 4.79. The highest BCUT2D eigenvalue weighted by Gasteiger charge is 2.28. The zero-order valence-corrected chi connectivity index (χ0v) is 10.3. The summed E-state index contributed by atoms with van der Waals surface area (Å²) in [5.41, 5.74) is 4.16. The van der Waals surface area contributed by atoms with Crippen molar-refractivity contribution < 1.29 is 0 Å². The van der Waals surface area contributed by atoms with Crippen LogP contribution in [0.1, 0.15) is 43.3 Å². The van der Waals surface area contributed by atoms with E-state index in [1.54, 1.807) is 11.3 Å². The van der Waals surface area contributed by atoms with Gasteiger partial charge in [0.05, 0.1) is 5.69 Å². The van der Waals surface area contributed by atoms with Crippen LogP contribution in [0.2, 0.25) is 0 Å². The fourth-order valence-corrected chi connectivity index (χ4v) is 3.46. The van der Waals surface area contributed by atoms with E-state index in [9.17, 15) is 0 Å². The van der Waals surface area contributed by atoms with Crippen molar-refractivity contribution in [3.8, 4) is 0 Å². The minimum absolute atomic E-state index is 0.625. The van der Waals surface area contributed by atoms with Crippen molar-refractivity contribution >= 4 is 16.3 Å². The van der Waals surface area contributed by atoms with Gasteiger partial charge >= 0.3 is 0 Å². The van der Waals surface area contributed by atoms with Crippen LogP contribution in [0.15, 0.2) is 5.38 Å². The van der Waals surface area contributed by atoms with Crippen molar-refractivity contribution in [2.75, 3.05) is 0 Å². The third kappa shape index (κ3) is 1.19. The Morgan fingerprint density at radius 1 is 1.47 bits per heavy atom. The number of hydrogen-bond donors (Lipinski definition) is 0. The summed E-state index contributed by atoms with van der Waals surface area (Å²) in [4.78, 5) is 5.97. The molecule has 2 atom stereocenters. The quantitative estimate of drug-likeness (QED) is 0.665. The van der Waals surface area contributed by atoms with Gasteiger partial charge in [-0.05, 0) is 25.7 Å². The summed E-state index contributed by atoms with van der Waals surface area (Å²) in [6, 6.07) is 0. The van der Waals surface area contributed by atoms with Crippen molar-refractivity contribution in [3.05, 3.63) is 22.5 Å². The SMILES string of the molecule is Cc1csc2nc3c(n12)CCC(C)C3C. The van der Waals surface area contributed by atoms with Gasteiger partial charge in [0, 0.05) is 22.7 Å². The maximum absolute atomic E-state index is 4.79. The predicted octanol–water partition coefficient (Wildman–Crippen LogP) is 3.39. The van der Waals surface area contributed by atoms with Gasteiger partial charge in [-0.1, -0.05) is 13.8 Å². The molecule has 80 valence electrons. The Kier molecular flexibility index (Phi) is 1.93. The van der Waals surface area contributed by atoms with Crippen LogP contribution in [0.3, 0.4) is 0 Å². The molecule has 15 heavy (non-hydrogen) atoms. The number of rotatable bonds is 0. The largest absolute Gasteiger partial charge is 0.292 e. The number of hydrogen-bond acceptors (Lipinski definition) is 2. The molecule has 0 N–H and O–H groups in total. The number of imidazole rings is 1. The minimum Gasteiger partial charge on any atom is -0.292 e. The van der Waals surface area contributed by atoms with Gasteiger partial charge in [-0.25, -0.2) is 4.98 Å². The van der Waals surface area contributed by atoms with E-state index < -0.39 is 0 Å². The van der Waals surface area contributed by atoms with Crippen LogP contribution in [-0.4, -0.2) is 9.38 Å². The Bertz CT molecular complexity index is 509. The molecule has 0 aromatic carbocycles. The Labute approximate surface area is 94.0 Å². The molecule has 0 amide bonds. The van der Waals surface area contributed by atoms with Crippen molar-refractivity contribution in [1.82, 2.24) is 9.38 Å². The first-order valence-electron chi connectivity index (χ1n) is 5.64. The molecule has 0 fully saturated rings. The van der Waals surface area contributed by atoms with Gasteiger partial charge in [-0.3, -0.25) is 4.40 Å². The molecule has 2 nitrogen and oxygen atoms in total. The van der Waals surface area contributed by atoms with E-state index in [-0.39, 0.29) is 0 Å². The lowest BCUT2D eigenvalue weighted by molar-refractivity contribution is 0.415. The van der Waals surface area contributed by atoms with Gasteiger partial charge in [-0.15, -0.1) is 11.3 Å². The molecule has 3 heteroatoms. The lowest BCUT2D eigenvalue weighted by atomic mass is 9.82. The first-order valence-corrected chi connectivity index (χ1v) is 6.51. The molecule has 0 saturated carbocycles. The number of aromatic nitrogens is 2. The third-order valence-corrected chi connectivity index (χ3v) is 4.73. The van der Waals surface area contributed by atoms with E-state index in [0.717, 1.165) is 5.92 Å². The van der Waals surface area contributed by atoms with E-state index >= 15 is 0 Å². The van der Waals surface area contributed by atoms with Crippen molar-refractivity contribution in [2.45, 2.75) is 39.5 Å². The summed E-state index contributed by atoms with van der Waals surface area (Å²) in [6.07, 6.45) is 2.50. The van der Waals surface area contributed by atoms with Crippen LogP contribution < -0.4 is 0 Å². The molecular formula is C12H16N2S. The van der Waals surface area contributed by atoms with Gasteiger partial charge in [-0.2, -0.15) is 0 Å². The summed E-state index contributed by atoms with van der Waals surface area (Å²) >= 11 is 1.76. The zero-order chi connectivity index (χ0) is 10.6. The predicted molar refractivity (Wildman–Crippen MR) is 63.7 cm³/mol. The standard InChI is InChI=1S/C12H16N2S/c1-7-4-5-10-11(9(7)3)13-12-14(10)8(2)6-15-12/h6-7,9H,4-5H2,1-3H3. The molecule has 1 aliphatic rings. The molecule has 0 radical (unpaired) electrons. The topological polar surface area (TPSA) is 17.3 Å².